The van der Waals surface area contributed by atoms with Crippen LogP contribution in [0.25, 0.3) is 0 Å². The Bertz CT molecular complexity index is 438. The summed E-state index contributed by atoms with van der Waals surface area (Å²) < 4.78 is 36.5. The summed E-state index contributed by atoms with van der Waals surface area (Å²) >= 11 is 0. The highest BCUT2D eigenvalue weighted by Crippen LogP contribution is 2.27. The lowest BCUT2D eigenvalue weighted by Gasteiger charge is -2.19. The monoisotopic (exact) mass is 273 g/mol. The first kappa shape index (κ1) is 15.5. The number of ether oxygens (including phenoxy) is 2. The van der Waals surface area contributed by atoms with Gasteiger partial charge >= 0.3 is 5.97 Å². The van der Waals surface area contributed by atoms with Crippen LogP contribution in [0, 0.1) is 0 Å². The Kier molecular flexibility index (Phi) is 4.57. The van der Waals surface area contributed by atoms with Gasteiger partial charge in [-0.25, -0.2) is 9.78 Å². The molecule has 0 fully saturated rings. The third kappa shape index (κ3) is 4.55. The van der Waals surface area contributed by atoms with Crippen molar-refractivity contribution in [3.05, 3.63) is 29.6 Å². The minimum atomic E-state index is -3.13. The molecule has 1 aromatic heterocycles. The first-order chi connectivity index (χ1) is 8.65. The van der Waals surface area contributed by atoms with Gasteiger partial charge in [0.15, 0.2) is 0 Å². The second kappa shape index (κ2) is 5.61. The Hall–Kier alpha value is -1.56. The van der Waals surface area contributed by atoms with Gasteiger partial charge in [0.05, 0.1) is 0 Å². The zero-order valence-corrected chi connectivity index (χ0v) is 11.4. The zero-order chi connectivity index (χ0) is 14.7. The van der Waals surface area contributed by atoms with Crippen LogP contribution in [0.5, 0.6) is 0 Å². The van der Waals surface area contributed by atoms with Crippen molar-refractivity contribution in [2.24, 2.45) is 0 Å². The molecule has 1 heterocycles. The van der Waals surface area contributed by atoms with Crippen molar-refractivity contribution in [1.82, 2.24) is 4.98 Å². The number of alkyl halides is 2. The number of methoxy groups -OCH3 is 1. The van der Waals surface area contributed by atoms with Gasteiger partial charge in [0.1, 0.15) is 17.9 Å². The van der Waals surface area contributed by atoms with Crippen LogP contribution in [-0.2, 0) is 15.4 Å². The molecule has 19 heavy (non-hydrogen) atoms. The molecule has 0 aliphatic heterocycles. The second-order valence-electron chi connectivity index (χ2n) is 5.07. The predicted octanol–water partition coefficient (Wildman–Crippen LogP) is 2.78. The normalized spacial score (nSPS) is 12.3. The Labute approximate surface area is 110 Å². The smallest absolute Gasteiger partial charge is 0.357 e. The highest BCUT2D eigenvalue weighted by molar-refractivity contribution is 5.87. The maximum atomic E-state index is 13.5. The molecule has 0 saturated heterocycles. The fourth-order valence-electron chi connectivity index (χ4n) is 1.33. The highest BCUT2D eigenvalue weighted by Gasteiger charge is 2.32. The molecule has 0 aliphatic rings. The lowest BCUT2D eigenvalue weighted by atomic mass is 10.1. The summed E-state index contributed by atoms with van der Waals surface area (Å²) in [5.41, 5.74) is -0.967. The van der Waals surface area contributed by atoms with Crippen molar-refractivity contribution < 1.29 is 23.0 Å². The molecule has 1 aromatic rings. The largest absolute Gasteiger partial charge is 0.455 e. The number of carbonyl (C=O) groups excluding carboxylic acids is 1. The molecular formula is C13H17F2NO3. The molecule has 0 radical (unpaired) electrons. The van der Waals surface area contributed by atoms with Crippen LogP contribution in [0.3, 0.4) is 0 Å². The summed E-state index contributed by atoms with van der Waals surface area (Å²) in [7, 11) is 1.19. The fraction of sp³-hybridized carbons (Fsp3) is 0.538. The van der Waals surface area contributed by atoms with E-state index in [-0.39, 0.29) is 11.3 Å². The summed E-state index contributed by atoms with van der Waals surface area (Å²) in [4.78, 5) is 15.4. The number of hydrogen-bond donors (Lipinski definition) is 0. The molecule has 0 unspecified atom stereocenters. The molecule has 0 aliphatic carbocycles. The van der Waals surface area contributed by atoms with Crippen LogP contribution in [-0.4, -0.2) is 30.3 Å². The standard InChI is InChI=1S/C13H17F2NO3/c1-12(2,3)19-11(17)10-6-5-9(7-16-10)13(14,15)8-18-4/h5-7H,8H2,1-4H3. The van der Waals surface area contributed by atoms with Crippen LogP contribution < -0.4 is 0 Å². The van der Waals surface area contributed by atoms with Crippen molar-refractivity contribution in [2.75, 3.05) is 13.7 Å². The van der Waals surface area contributed by atoms with E-state index in [2.05, 4.69) is 9.72 Å². The lowest BCUT2D eigenvalue weighted by molar-refractivity contribution is -0.0700. The first-order valence-electron chi connectivity index (χ1n) is 5.72. The molecule has 0 N–H and O–H groups in total. The van der Waals surface area contributed by atoms with E-state index in [4.69, 9.17) is 4.74 Å². The van der Waals surface area contributed by atoms with Crippen LogP contribution in [0.1, 0.15) is 36.8 Å². The van der Waals surface area contributed by atoms with Gasteiger partial charge < -0.3 is 9.47 Å². The van der Waals surface area contributed by atoms with E-state index in [9.17, 15) is 13.6 Å². The molecule has 1 rings (SSSR count). The number of carbonyl (C=O) groups is 1. The lowest BCUT2D eigenvalue weighted by Crippen LogP contribution is -2.25. The average molecular weight is 273 g/mol. The highest BCUT2D eigenvalue weighted by atomic mass is 19.3. The Morgan fingerprint density at radius 1 is 1.32 bits per heavy atom. The van der Waals surface area contributed by atoms with E-state index in [1.165, 1.54) is 13.2 Å². The van der Waals surface area contributed by atoms with E-state index >= 15 is 0 Å². The van der Waals surface area contributed by atoms with Gasteiger partial charge in [-0.05, 0) is 32.9 Å². The minimum absolute atomic E-state index is 0.00751. The van der Waals surface area contributed by atoms with Crippen LogP contribution in [0.2, 0.25) is 0 Å². The molecule has 0 aromatic carbocycles. The van der Waals surface area contributed by atoms with E-state index in [0.717, 1.165) is 12.3 Å². The van der Waals surface area contributed by atoms with Gasteiger partial charge in [-0.15, -0.1) is 0 Å². The first-order valence-corrected chi connectivity index (χ1v) is 5.72. The van der Waals surface area contributed by atoms with Crippen molar-refractivity contribution in [2.45, 2.75) is 32.3 Å². The molecule has 6 heteroatoms. The number of hydrogen-bond acceptors (Lipinski definition) is 4. The third-order valence-corrected chi connectivity index (χ3v) is 2.12. The third-order valence-electron chi connectivity index (χ3n) is 2.12. The number of pyridine rings is 1. The molecule has 4 nitrogen and oxygen atoms in total. The van der Waals surface area contributed by atoms with Gasteiger partial charge in [0.25, 0.3) is 5.92 Å². The number of rotatable bonds is 4. The summed E-state index contributed by atoms with van der Waals surface area (Å²) in [6, 6.07) is 2.36. The molecule has 0 spiro atoms. The van der Waals surface area contributed by atoms with Crippen molar-refractivity contribution in [3.8, 4) is 0 Å². The maximum Gasteiger partial charge on any atom is 0.357 e. The van der Waals surface area contributed by atoms with Crippen molar-refractivity contribution in [3.63, 3.8) is 0 Å². The quantitative estimate of drug-likeness (QED) is 0.791. The van der Waals surface area contributed by atoms with Gasteiger partial charge in [0, 0.05) is 18.9 Å². The number of halogens is 2. The number of aromatic nitrogens is 1. The maximum absolute atomic E-state index is 13.5. The van der Waals surface area contributed by atoms with E-state index in [1.54, 1.807) is 20.8 Å². The van der Waals surface area contributed by atoms with Crippen LogP contribution in [0.4, 0.5) is 8.78 Å². The molecule has 0 saturated carbocycles. The van der Waals surface area contributed by atoms with Gasteiger partial charge in [-0.3, -0.25) is 0 Å². The summed E-state index contributed by atoms with van der Waals surface area (Å²) in [6.07, 6.45) is 0.957. The van der Waals surface area contributed by atoms with E-state index in [1.807, 2.05) is 0 Å². The Morgan fingerprint density at radius 3 is 2.37 bits per heavy atom. The van der Waals surface area contributed by atoms with Crippen molar-refractivity contribution >= 4 is 5.97 Å². The van der Waals surface area contributed by atoms with Crippen molar-refractivity contribution in [1.29, 1.82) is 0 Å². The molecule has 0 atom stereocenters. The molecule has 0 bridgehead atoms. The van der Waals surface area contributed by atoms with E-state index < -0.39 is 24.1 Å². The topological polar surface area (TPSA) is 48.4 Å². The van der Waals surface area contributed by atoms with Crippen LogP contribution in [0.15, 0.2) is 18.3 Å². The second-order valence-corrected chi connectivity index (χ2v) is 5.07. The van der Waals surface area contributed by atoms with E-state index in [0.29, 0.717) is 0 Å². The van der Waals surface area contributed by atoms with Crippen LogP contribution >= 0.6 is 0 Å². The SMILES string of the molecule is COCC(F)(F)c1ccc(C(=O)OC(C)(C)C)nc1. The summed E-state index contributed by atoms with van der Waals surface area (Å²) in [5, 5.41) is 0. The molecular weight excluding hydrogens is 256 g/mol. The minimum Gasteiger partial charge on any atom is -0.455 e. The van der Waals surface area contributed by atoms with Gasteiger partial charge in [0.2, 0.25) is 0 Å². The Balaban J connectivity index is 2.85. The zero-order valence-electron chi connectivity index (χ0n) is 11.4. The number of nitrogens with zero attached hydrogens (tertiary/aromatic N) is 1. The average Bonchev–Trinajstić information content (AvgIpc) is 2.27. The van der Waals surface area contributed by atoms with Gasteiger partial charge in [-0.2, -0.15) is 8.78 Å². The van der Waals surface area contributed by atoms with Gasteiger partial charge in [-0.1, -0.05) is 0 Å². The molecule has 0 amide bonds. The Morgan fingerprint density at radius 2 is 1.95 bits per heavy atom. The predicted molar refractivity (Wildman–Crippen MR) is 65.2 cm³/mol. The summed E-state index contributed by atoms with van der Waals surface area (Å²) in [5.74, 6) is -3.78. The fourth-order valence-corrected chi connectivity index (χ4v) is 1.33. The molecule has 106 valence electrons. The number of esters is 1. The summed E-state index contributed by atoms with van der Waals surface area (Å²) in [6.45, 7) is 4.41.